The number of nitrogens with one attached hydrogen (secondary N) is 1. The van der Waals surface area contributed by atoms with E-state index in [0.717, 1.165) is 5.69 Å². The third-order valence-electron chi connectivity index (χ3n) is 0.918. The molecule has 0 saturated heterocycles. The molecule has 1 nitrogen and oxygen atoms in total. The van der Waals surface area contributed by atoms with E-state index in [1.165, 1.54) is 0 Å². The molecule has 0 aliphatic carbocycles. The van der Waals surface area contributed by atoms with Crippen molar-refractivity contribution < 1.29 is 20.7 Å². The van der Waals surface area contributed by atoms with Crippen LogP contribution < -0.4 is 3.80 Å². The third kappa shape index (κ3) is 1.36. The van der Waals surface area contributed by atoms with Gasteiger partial charge in [0.1, 0.15) is 0 Å². The van der Waals surface area contributed by atoms with Crippen LogP contribution in [-0.2, 0) is 20.7 Å². The van der Waals surface area contributed by atoms with Crippen molar-refractivity contribution in [1.82, 2.24) is 0 Å². The molecule has 0 unspecified atom stereocenters. The van der Waals surface area contributed by atoms with Crippen molar-refractivity contribution in [2.75, 3.05) is 3.80 Å². The van der Waals surface area contributed by atoms with Gasteiger partial charge in [0.2, 0.25) is 0 Å². The molecule has 0 bridgehead atoms. The molecule has 8 heavy (non-hydrogen) atoms. The molecular weight excluding hydrogens is 134 g/mol. The standard InChI is InChI=1S/C6H6N.Ti/c7-6-4-2-1-3-5-6;/h1-5,7H;/q-1;+1. The molecule has 0 amide bonds. The zero-order valence-corrected chi connectivity index (χ0v) is 5.95. The predicted octanol–water partition coefficient (Wildman–Crippen LogP) is 1.56. The van der Waals surface area contributed by atoms with E-state index in [4.69, 9.17) is 0 Å². The van der Waals surface area contributed by atoms with Crippen molar-refractivity contribution >= 4 is 5.69 Å². The quantitative estimate of drug-likeness (QED) is 0.583. The van der Waals surface area contributed by atoms with Gasteiger partial charge in [0.05, 0.1) is 0 Å². The molecule has 0 spiro atoms. The first-order valence-corrected chi connectivity index (χ1v) is 3.19. The molecule has 1 aromatic carbocycles. The second-order valence-electron chi connectivity index (χ2n) is 1.49. The van der Waals surface area contributed by atoms with Crippen molar-refractivity contribution in [3.05, 3.63) is 30.3 Å². The van der Waals surface area contributed by atoms with Gasteiger partial charge in [-0.2, -0.15) is 0 Å². The van der Waals surface area contributed by atoms with Crippen LogP contribution in [0.3, 0.4) is 0 Å². The normalized spacial score (nSPS) is 8.38. The molecular formula is C6H6NTi. The second kappa shape index (κ2) is 2.90. The van der Waals surface area contributed by atoms with E-state index in [9.17, 15) is 0 Å². The van der Waals surface area contributed by atoms with Gasteiger partial charge in [-0.15, -0.1) is 0 Å². The van der Waals surface area contributed by atoms with Gasteiger partial charge in [0.15, 0.2) is 0 Å². The minimum absolute atomic E-state index is 1.16. The monoisotopic (exact) mass is 140 g/mol. The number of anilines is 1. The van der Waals surface area contributed by atoms with Gasteiger partial charge in [-0.3, -0.25) is 0 Å². The van der Waals surface area contributed by atoms with Gasteiger partial charge in [-0.05, 0) is 0 Å². The zero-order valence-electron chi connectivity index (χ0n) is 4.39. The van der Waals surface area contributed by atoms with Crippen LogP contribution >= 0.6 is 0 Å². The van der Waals surface area contributed by atoms with Crippen LogP contribution in [0.1, 0.15) is 0 Å². The summed E-state index contributed by atoms with van der Waals surface area (Å²) in [5.41, 5.74) is 1.16. The molecule has 1 N–H and O–H groups in total. The van der Waals surface area contributed by atoms with E-state index in [1.807, 2.05) is 51.0 Å². The van der Waals surface area contributed by atoms with Gasteiger partial charge in [-0.1, -0.05) is 0 Å². The molecule has 39 valence electrons. The third-order valence-corrected chi connectivity index (χ3v) is 1.37. The minimum atomic E-state index is 1.16. The number of para-hydroxylation sites is 1. The van der Waals surface area contributed by atoms with E-state index in [1.54, 1.807) is 0 Å². The predicted molar refractivity (Wildman–Crippen MR) is 30.1 cm³/mol. The summed E-state index contributed by atoms with van der Waals surface area (Å²) < 4.78 is 3.03. The summed E-state index contributed by atoms with van der Waals surface area (Å²) in [5, 5.41) is 0. The van der Waals surface area contributed by atoms with Gasteiger partial charge in [0.25, 0.3) is 0 Å². The number of benzene rings is 1. The summed E-state index contributed by atoms with van der Waals surface area (Å²) in [6, 6.07) is 10.1. The Hall–Kier alpha value is -0.266. The number of rotatable bonds is 1. The van der Waals surface area contributed by atoms with Gasteiger partial charge < -0.3 is 0 Å². The molecule has 0 heterocycles. The van der Waals surface area contributed by atoms with Crippen LogP contribution in [0.2, 0.25) is 0 Å². The zero-order chi connectivity index (χ0) is 5.82. The van der Waals surface area contributed by atoms with Gasteiger partial charge in [0, 0.05) is 0 Å². The summed E-state index contributed by atoms with van der Waals surface area (Å²) in [7, 11) is 0. The Morgan fingerprint density at radius 2 is 1.75 bits per heavy atom. The molecule has 1 aromatic rings. The van der Waals surface area contributed by atoms with Crippen molar-refractivity contribution in [3.63, 3.8) is 0 Å². The SMILES string of the molecule is [Ti][NH]c1ccccc1. The van der Waals surface area contributed by atoms with Crippen molar-refractivity contribution in [2.24, 2.45) is 0 Å². The van der Waals surface area contributed by atoms with Crippen LogP contribution in [0.5, 0.6) is 0 Å². The second-order valence-corrected chi connectivity index (χ2v) is 1.88. The fraction of sp³-hybridized carbons (Fsp3) is 0. The Morgan fingerprint density at radius 3 is 2.12 bits per heavy atom. The number of hydrogen-bond acceptors (Lipinski definition) is 1. The van der Waals surface area contributed by atoms with Crippen molar-refractivity contribution in [1.29, 1.82) is 0 Å². The van der Waals surface area contributed by atoms with Crippen molar-refractivity contribution in [2.45, 2.75) is 0 Å². The molecule has 0 fully saturated rings. The van der Waals surface area contributed by atoms with E-state index >= 15 is 0 Å². The summed E-state index contributed by atoms with van der Waals surface area (Å²) >= 11 is 1.91. The van der Waals surface area contributed by atoms with Crippen molar-refractivity contribution in [3.8, 4) is 0 Å². The fourth-order valence-corrected chi connectivity index (χ4v) is 0.782. The Labute approximate surface area is 60.8 Å². The molecule has 0 aliphatic heterocycles. The van der Waals surface area contributed by atoms with E-state index in [-0.39, 0.29) is 0 Å². The molecule has 0 atom stereocenters. The maximum atomic E-state index is 3.03. The Bertz CT molecular complexity index is 150. The Morgan fingerprint density at radius 1 is 1.12 bits per heavy atom. The van der Waals surface area contributed by atoms with Crippen LogP contribution in [-0.4, -0.2) is 0 Å². The summed E-state index contributed by atoms with van der Waals surface area (Å²) in [4.78, 5) is 0. The average Bonchev–Trinajstić information content (AvgIpc) is 1.90. The van der Waals surface area contributed by atoms with Gasteiger partial charge >= 0.3 is 60.5 Å². The maximum absolute atomic E-state index is 3.03. The molecule has 0 aromatic heterocycles. The Kier molecular flexibility index (Phi) is 2.13. The van der Waals surface area contributed by atoms with Crippen LogP contribution in [0, 0.1) is 0 Å². The molecule has 0 radical (unpaired) electrons. The first-order valence-electron chi connectivity index (χ1n) is 2.41. The first kappa shape index (κ1) is 5.86. The van der Waals surface area contributed by atoms with Crippen LogP contribution in [0.15, 0.2) is 30.3 Å². The van der Waals surface area contributed by atoms with E-state index in [2.05, 4.69) is 3.80 Å². The molecule has 1 rings (SSSR count). The molecule has 0 saturated carbocycles. The van der Waals surface area contributed by atoms with Gasteiger partial charge in [-0.25, -0.2) is 0 Å². The summed E-state index contributed by atoms with van der Waals surface area (Å²) in [6.07, 6.45) is 0. The van der Waals surface area contributed by atoms with Crippen LogP contribution in [0.4, 0.5) is 5.69 Å². The fourth-order valence-electron chi connectivity index (χ4n) is 0.521. The Balaban J connectivity index is 2.83. The first-order chi connectivity index (χ1) is 3.93. The summed E-state index contributed by atoms with van der Waals surface area (Å²) in [6.45, 7) is 0. The van der Waals surface area contributed by atoms with Crippen LogP contribution in [0.25, 0.3) is 0 Å². The van der Waals surface area contributed by atoms with E-state index in [0.29, 0.717) is 0 Å². The summed E-state index contributed by atoms with van der Waals surface area (Å²) in [5.74, 6) is 0. The number of hydrogen-bond donors (Lipinski definition) is 1. The van der Waals surface area contributed by atoms with E-state index < -0.39 is 0 Å². The molecule has 2 heteroatoms. The average molecular weight is 140 g/mol. The molecule has 0 aliphatic rings. The topological polar surface area (TPSA) is 12.0 Å².